The monoisotopic (exact) mass is 428 g/mol. The number of hydrogen-bond acceptors (Lipinski definition) is 5. The van der Waals surface area contributed by atoms with Gasteiger partial charge in [-0.3, -0.25) is 4.79 Å². The molecule has 3 aromatic rings. The summed E-state index contributed by atoms with van der Waals surface area (Å²) < 4.78 is 5.62. The van der Waals surface area contributed by atoms with Crippen molar-refractivity contribution in [2.75, 3.05) is 31.1 Å². The van der Waals surface area contributed by atoms with Gasteiger partial charge in [-0.15, -0.1) is 0 Å². The maximum Gasteiger partial charge on any atom is 0.339 e. The second-order valence-electron chi connectivity index (χ2n) is 8.15. The van der Waals surface area contributed by atoms with Crippen LogP contribution in [-0.2, 0) is 11.2 Å². The third-order valence-corrected chi connectivity index (χ3v) is 6.19. The molecule has 5 rings (SSSR count). The van der Waals surface area contributed by atoms with E-state index >= 15 is 0 Å². The number of esters is 1. The van der Waals surface area contributed by atoms with Crippen LogP contribution in [0.4, 0.5) is 5.69 Å². The molecular weight excluding hydrogens is 404 g/mol. The summed E-state index contributed by atoms with van der Waals surface area (Å²) in [6.07, 6.45) is 0.205. The molecule has 0 radical (unpaired) electrons. The lowest BCUT2D eigenvalue weighted by Crippen LogP contribution is -2.48. The Morgan fingerprint density at radius 3 is 2.38 bits per heavy atom. The Morgan fingerprint density at radius 2 is 1.62 bits per heavy atom. The van der Waals surface area contributed by atoms with E-state index < -0.39 is 0 Å². The van der Waals surface area contributed by atoms with Gasteiger partial charge in [-0.05, 0) is 41.5 Å². The number of rotatable bonds is 3. The van der Waals surface area contributed by atoms with Crippen LogP contribution in [0, 0.1) is 0 Å². The smallest absolute Gasteiger partial charge is 0.339 e. The molecule has 6 nitrogen and oxygen atoms in total. The highest BCUT2D eigenvalue weighted by molar-refractivity contribution is 5.98. The summed E-state index contributed by atoms with van der Waals surface area (Å²) in [7, 11) is 0. The second-order valence-corrected chi connectivity index (χ2v) is 8.15. The van der Waals surface area contributed by atoms with Crippen molar-refractivity contribution in [3.05, 3.63) is 95.1 Å². The van der Waals surface area contributed by atoms with Gasteiger partial charge in [0.15, 0.2) is 0 Å². The molecule has 1 N–H and O–H groups in total. The van der Waals surface area contributed by atoms with Gasteiger partial charge in [-0.2, -0.15) is 0 Å². The fraction of sp³-hybridized carbons (Fsp3) is 0.231. The molecule has 0 aromatic heterocycles. The quantitative estimate of drug-likeness (QED) is 0.643. The highest BCUT2D eigenvalue weighted by Crippen LogP contribution is 2.32. The van der Waals surface area contributed by atoms with E-state index in [4.69, 9.17) is 4.74 Å². The van der Waals surface area contributed by atoms with E-state index in [0.29, 0.717) is 43.7 Å². The van der Waals surface area contributed by atoms with Gasteiger partial charge in [0, 0.05) is 38.2 Å². The molecule has 1 atom stereocenters. The van der Waals surface area contributed by atoms with Crippen molar-refractivity contribution in [3.63, 3.8) is 0 Å². The van der Waals surface area contributed by atoms with Gasteiger partial charge in [0.05, 0.1) is 11.3 Å². The van der Waals surface area contributed by atoms with Gasteiger partial charge in [0.2, 0.25) is 0 Å². The summed E-state index contributed by atoms with van der Waals surface area (Å²) in [5.41, 5.74) is 3.69. The summed E-state index contributed by atoms with van der Waals surface area (Å²) in [5.74, 6) is -0.142. The van der Waals surface area contributed by atoms with E-state index in [0.717, 1.165) is 16.8 Å². The molecule has 1 unspecified atom stereocenters. The second kappa shape index (κ2) is 8.38. The predicted octanol–water partition coefficient (Wildman–Crippen LogP) is 3.81. The molecule has 2 heterocycles. The Bertz CT molecular complexity index is 1150. The third-order valence-electron chi connectivity index (χ3n) is 6.19. The van der Waals surface area contributed by atoms with E-state index in [9.17, 15) is 14.7 Å². The molecule has 1 amide bonds. The molecule has 162 valence electrons. The zero-order valence-corrected chi connectivity index (χ0v) is 17.6. The predicted molar refractivity (Wildman–Crippen MR) is 121 cm³/mol. The highest BCUT2D eigenvalue weighted by Gasteiger charge is 2.29. The van der Waals surface area contributed by atoms with Crippen LogP contribution in [0.2, 0.25) is 0 Å². The molecule has 0 aliphatic carbocycles. The molecular formula is C26H24N2O4. The fourth-order valence-electron chi connectivity index (χ4n) is 4.45. The van der Waals surface area contributed by atoms with Crippen LogP contribution in [0.15, 0.2) is 72.8 Å². The van der Waals surface area contributed by atoms with E-state index in [1.807, 2.05) is 53.4 Å². The first-order valence-corrected chi connectivity index (χ1v) is 10.8. The number of phenolic OH excluding ortho intramolecular Hbond substituents is 1. The van der Waals surface area contributed by atoms with Crippen molar-refractivity contribution >= 4 is 17.6 Å². The van der Waals surface area contributed by atoms with Crippen LogP contribution in [0.3, 0.4) is 0 Å². The maximum atomic E-state index is 13.2. The van der Waals surface area contributed by atoms with Gasteiger partial charge in [0.25, 0.3) is 5.91 Å². The first-order valence-electron chi connectivity index (χ1n) is 10.8. The average Bonchev–Trinajstić information content (AvgIpc) is 2.84. The maximum absolute atomic E-state index is 13.2. The number of para-hydroxylation sites is 2. The Labute approximate surface area is 186 Å². The first-order chi connectivity index (χ1) is 15.6. The number of anilines is 1. The van der Waals surface area contributed by atoms with E-state index in [1.54, 1.807) is 24.3 Å². The normalized spacial score (nSPS) is 18.1. The minimum Gasteiger partial charge on any atom is -0.506 e. The summed E-state index contributed by atoms with van der Waals surface area (Å²) >= 11 is 0. The lowest BCUT2D eigenvalue weighted by molar-refractivity contribution is 0.0252. The molecule has 6 heteroatoms. The van der Waals surface area contributed by atoms with Crippen molar-refractivity contribution in [1.82, 2.24) is 4.90 Å². The van der Waals surface area contributed by atoms with E-state index in [-0.39, 0.29) is 23.7 Å². The number of piperazine rings is 1. The number of benzene rings is 3. The van der Waals surface area contributed by atoms with Crippen LogP contribution < -0.4 is 4.90 Å². The van der Waals surface area contributed by atoms with Gasteiger partial charge in [-0.25, -0.2) is 4.79 Å². The molecule has 2 aliphatic heterocycles. The molecule has 1 fully saturated rings. The molecule has 32 heavy (non-hydrogen) atoms. The van der Waals surface area contributed by atoms with Gasteiger partial charge >= 0.3 is 5.97 Å². The van der Waals surface area contributed by atoms with Gasteiger partial charge in [0.1, 0.15) is 11.9 Å². The average molecular weight is 428 g/mol. The van der Waals surface area contributed by atoms with Gasteiger partial charge < -0.3 is 19.6 Å². The molecule has 0 spiro atoms. The van der Waals surface area contributed by atoms with Gasteiger partial charge in [-0.1, -0.05) is 42.5 Å². The SMILES string of the molecule is O=C1OC(c2ccccc2)Cc2cc(C(=O)N3CCN(c4ccccc4O)CC3)ccc21. The first kappa shape index (κ1) is 20.1. The fourth-order valence-corrected chi connectivity index (χ4v) is 4.45. The number of nitrogens with zero attached hydrogens (tertiary/aromatic N) is 2. The molecule has 1 saturated heterocycles. The minimum atomic E-state index is -0.351. The highest BCUT2D eigenvalue weighted by atomic mass is 16.5. The Balaban J connectivity index is 1.31. The van der Waals surface area contributed by atoms with Crippen LogP contribution in [0.25, 0.3) is 0 Å². The Kier molecular flexibility index (Phi) is 5.27. The third kappa shape index (κ3) is 3.80. The number of carbonyl (C=O) groups is 2. The minimum absolute atomic E-state index is 0.0417. The molecule has 3 aromatic carbocycles. The van der Waals surface area contributed by atoms with Crippen LogP contribution in [0.5, 0.6) is 5.75 Å². The standard InChI is InChI=1S/C26H24N2O4/c29-23-9-5-4-8-22(23)27-12-14-28(15-13-27)25(30)19-10-11-21-20(16-19)17-24(32-26(21)31)18-6-2-1-3-7-18/h1-11,16,24,29H,12-15,17H2. The Hall–Kier alpha value is -3.80. The summed E-state index contributed by atoms with van der Waals surface area (Å²) in [6.45, 7) is 2.44. The summed E-state index contributed by atoms with van der Waals surface area (Å²) in [4.78, 5) is 29.6. The number of ether oxygens (including phenoxy) is 1. The zero-order chi connectivity index (χ0) is 22.1. The number of amides is 1. The lowest BCUT2D eigenvalue weighted by atomic mass is 9.93. The zero-order valence-electron chi connectivity index (χ0n) is 17.6. The number of carbonyl (C=O) groups excluding carboxylic acids is 2. The lowest BCUT2D eigenvalue weighted by Gasteiger charge is -2.36. The van der Waals surface area contributed by atoms with E-state index in [2.05, 4.69) is 4.90 Å². The number of aromatic hydroxyl groups is 1. The van der Waals surface area contributed by atoms with Crippen molar-refractivity contribution < 1.29 is 19.4 Å². The number of fused-ring (bicyclic) bond motifs is 1. The number of phenols is 1. The number of hydrogen-bond donors (Lipinski definition) is 1. The Morgan fingerprint density at radius 1 is 0.906 bits per heavy atom. The number of cyclic esters (lactones) is 1. The van der Waals surface area contributed by atoms with Crippen LogP contribution >= 0.6 is 0 Å². The molecule has 0 bridgehead atoms. The van der Waals surface area contributed by atoms with Crippen LogP contribution in [-0.4, -0.2) is 48.1 Å². The largest absolute Gasteiger partial charge is 0.506 e. The molecule has 0 saturated carbocycles. The van der Waals surface area contributed by atoms with Crippen molar-refractivity contribution in [2.24, 2.45) is 0 Å². The van der Waals surface area contributed by atoms with Crippen molar-refractivity contribution in [1.29, 1.82) is 0 Å². The van der Waals surface area contributed by atoms with Crippen molar-refractivity contribution in [2.45, 2.75) is 12.5 Å². The van der Waals surface area contributed by atoms with E-state index in [1.165, 1.54) is 0 Å². The van der Waals surface area contributed by atoms with Crippen molar-refractivity contribution in [3.8, 4) is 5.75 Å². The van der Waals surface area contributed by atoms with Crippen LogP contribution in [0.1, 0.15) is 37.9 Å². The summed E-state index contributed by atoms with van der Waals surface area (Å²) in [6, 6.07) is 22.2. The topological polar surface area (TPSA) is 70.1 Å². The summed E-state index contributed by atoms with van der Waals surface area (Å²) in [5, 5.41) is 10.1. The molecule has 2 aliphatic rings.